The maximum Gasteiger partial charge on any atom is 0.300 e. The van der Waals surface area contributed by atoms with E-state index in [1.165, 1.54) is 17.0 Å². The van der Waals surface area contributed by atoms with Crippen LogP contribution in [0.2, 0.25) is 10.0 Å². The van der Waals surface area contributed by atoms with Crippen molar-refractivity contribution in [2.45, 2.75) is 6.04 Å². The summed E-state index contributed by atoms with van der Waals surface area (Å²) in [7, 11) is 0. The number of ketones is 1. The monoisotopic (exact) mass is 467 g/mol. The van der Waals surface area contributed by atoms with Gasteiger partial charge in [0.15, 0.2) is 11.5 Å². The summed E-state index contributed by atoms with van der Waals surface area (Å²) in [4.78, 5) is 27.7. The van der Waals surface area contributed by atoms with Crippen molar-refractivity contribution in [3.05, 3.63) is 93.5 Å². The van der Waals surface area contributed by atoms with E-state index < -0.39 is 17.7 Å². The number of halogens is 2. The van der Waals surface area contributed by atoms with Gasteiger partial charge in [-0.15, -0.1) is 0 Å². The van der Waals surface area contributed by atoms with Gasteiger partial charge in [-0.3, -0.25) is 14.5 Å². The second-order valence-corrected chi connectivity index (χ2v) is 8.06. The quantitative estimate of drug-likeness (QED) is 0.319. The van der Waals surface area contributed by atoms with Crippen molar-refractivity contribution in [1.82, 2.24) is 0 Å². The topological polar surface area (TPSA) is 76.1 Å². The van der Waals surface area contributed by atoms with Gasteiger partial charge in [-0.1, -0.05) is 53.5 Å². The van der Waals surface area contributed by atoms with Gasteiger partial charge in [0.1, 0.15) is 5.76 Å². The summed E-state index contributed by atoms with van der Waals surface area (Å²) in [6.07, 6.45) is 0. The Labute approximate surface area is 193 Å². The lowest BCUT2D eigenvalue weighted by atomic mass is 9.95. The number of nitrogens with zero attached hydrogens (tertiary/aromatic N) is 1. The molecule has 5 rings (SSSR count). The molecule has 2 aliphatic rings. The molecule has 1 fully saturated rings. The Morgan fingerprint density at radius 1 is 0.906 bits per heavy atom. The highest BCUT2D eigenvalue weighted by atomic mass is 35.5. The molecule has 1 unspecified atom stereocenters. The molecule has 8 heteroatoms. The summed E-state index contributed by atoms with van der Waals surface area (Å²) >= 11 is 12.1. The fourth-order valence-electron chi connectivity index (χ4n) is 3.88. The van der Waals surface area contributed by atoms with Crippen LogP contribution in [-0.2, 0) is 9.59 Å². The molecule has 0 bridgehead atoms. The van der Waals surface area contributed by atoms with Crippen molar-refractivity contribution in [2.24, 2.45) is 0 Å². The zero-order valence-corrected chi connectivity index (χ0v) is 17.9. The number of rotatable bonds is 3. The Morgan fingerprint density at radius 2 is 1.66 bits per heavy atom. The average Bonchev–Trinajstić information content (AvgIpc) is 3.38. The van der Waals surface area contributed by atoms with E-state index in [9.17, 15) is 14.7 Å². The van der Waals surface area contributed by atoms with E-state index >= 15 is 0 Å². The molecule has 3 aromatic carbocycles. The normalized spacial score (nSPS) is 18.9. The summed E-state index contributed by atoms with van der Waals surface area (Å²) in [6, 6.07) is 17.7. The van der Waals surface area contributed by atoms with Crippen LogP contribution in [0.25, 0.3) is 5.76 Å². The number of hydrogen-bond acceptors (Lipinski definition) is 5. The van der Waals surface area contributed by atoms with Gasteiger partial charge in [0.25, 0.3) is 11.7 Å². The number of aliphatic hydroxyl groups excluding tert-OH is 1. The molecule has 2 aliphatic heterocycles. The lowest BCUT2D eigenvalue weighted by Crippen LogP contribution is -2.29. The van der Waals surface area contributed by atoms with Crippen LogP contribution in [0.1, 0.15) is 17.2 Å². The second kappa shape index (κ2) is 7.89. The summed E-state index contributed by atoms with van der Waals surface area (Å²) in [6.45, 7) is 0.0804. The molecular formula is C24H15Cl2NO5. The SMILES string of the molecule is O=C1C(=O)N(c2ccc3c(c2)OCO3)C(c2ccccc2)/C1=C(\O)c1ccc(Cl)c(Cl)c1. The van der Waals surface area contributed by atoms with Gasteiger partial charge < -0.3 is 14.6 Å². The first-order valence-corrected chi connectivity index (χ1v) is 10.4. The van der Waals surface area contributed by atoms with Gasteiger partial charge in [0.05, 0.1) is 21.7 Å². The molecule has 1 atom stereocenters. The minimum atomic E-state index is -0.856. The number of aliphatic hydroxyl groups is 1. The van der Waals surface area contributed by atoms with Gasteiger partial charge in [0.2, 0.25) is 6.79 Å². The predicted molar refractivity (Wildman–Crippen MR) is 120 cm³/mol. The van der Waals surface area contributed by atoms with Gasteiger partial charge in [0, 0.05) is 17.3 Å². The maximum absolute atomic E-state index is 13.2. The van der Waals surface area contributed by atoms with Crippen molar-refractivity contribution in [2.75, 3.05) is 11.7 Å². The van der Waals surface area contributed by atoms with Crippen LogP contribution in [0.15, 0.2) is 72.3 Å². The molecule has 1 N–H and O–H groups in total. The Bertz CT molecular complexity index is 1290. The van der Waals surface area contributed by atoms with E-state index in [2.05, 4.69) is 0 Å². The molecule has 32 heavy (non-hydrogen) atoms. The minimum absolute atomic E-state index is 0.0442. The van der Waals surface area contributed by atoms with E-state index in [-0.39, 0.29) is 28.7 Å². The van der Waals surface area contributed by atoms with E-state index in [1.54, 1.807) is 48.5 Å². The summed E-state index contributed by atoms with van der Waals surface area (Å²) in [5.74, 6) is -0.878. The van der Waals surface area contributed by atoms with Crippen molar-refractivity contribution in [3.63, 3.8) is 0 Å². The maximum atomic E-state index is 13.2. The van der Waals surface area contributed by atoms with Crippen LogP contribution in [-0.4, -0.2) is 23.6 Å². The van der Waals surface area contributed by atoms with E-state index in [0.717, 1.165) is 0 Å². The number of benzene rings is 3. The minimum Gasteiger partial charge on any atom is -0.507 e. The highest BCUT2D eigenvalue weighted by Gasteiger charge is 2.47. The largest absolute Gasteiger partial charge is 0.507 e. The van der Waals surface area contributed by atoms with Crippen LogP contribution in [0.5, 0.6) is 11.5 Å². The standard InChI is InChI=1S/C24H15Cl2NO5/c25-16-8-6-14(10-17(16)26)22(28)20-21(13-4-2-1-3-5-13)27(24(30)23(20)29)15-7-9-18-19(11-15)32-12-31-18/h1-11,21,28H,12H2/b22-20+. The molecule has 3 aromatic rings. The molecular weight excluding hydrogens is 453 g/mol. The molecule has 0 spiro atoms. The Kier molecular flexibility index (Phi) is 5.04. The highest BCUT2D eigenvalue weighted by molar-refractivity contribution is 6.51. The van der Waals surface area contributed by atoms with Crippen LogP contribution in [0, 0.1) is 0 Å². The van der Waals surface area contributed by atoms with Crippen molar-refractivity contribution >= 4 is 46.3 Å². The third kappa shape index (κ3) is 3.28. The van der Waals surface area contributed by atoms with Gasteiger partial charge >= 0.3 is 0 Å². The number of hydrogen-bond donors (Lipinski definition) is 1. The number of carbonyl (C=O) groups is 2. The van der Waals surface area contributed by atoms with Gasteiger partial charge in [-0.25, -0.2) is 0 Å². The van der Waals surface area contributed by atoms with Crippen molar-refractivity contribution < 1.29 is 24.2 Å². The number of ether oxygens (including phenoxy) is 2. The van der Waals surface area contributed by atoms with Crippen LogP contribution in [0.3, 0.4) is 0 Å². The number of Topliss-reactive ketones (excluding diaryl/α,β-unsaturated/α-hetero) is 1. The first kappa shape index (κ1) is 20.4. The van der Waals surface area contributed by atoms with Crippen LogP contribution < -0.4 is 14.4 Å². The summed E-state index contributed by atoms with van der Waals surface area (Å²) < 4.78 is 10.8. The first-order valence-electron chi connectivity index (χ1n) is 9.66. The highest BCUT2D eigenvalue weighted by Crippen LogP contribution is 2.45. The van der Waals surface area contributed by atoms with Gasteiger partial charge in [-0.2, -0.15) is 0 Å². The fraction of sp³-hybridized carbons (Fsp3) is 0.0833. The zero-order chi connectivity index (χ0) is 22.4. The zero-order valence-electron chi connectivity index (χ0n) is 16.4. The molecule has 0 aliphatic carbocycles. The van der Waals surface area contributed by atoms with E-state index in [1.807, 2.05) is 6.07 Å². The lowest BCUT2D eigenvalue weighted by Gasteiger charge is -2.25. The molecule has 0 radical (unpaired) electrons. The van der Waals surface area contributed by atoms with Crippen LogP contribution >= 0.6 is 23.2 Å². The number of fused-ring (bicyclic) bond motifs is 1. The van der Waals surface area contributed by atoms with E-state index in [4.69, 9.17) is 32.7 Å². The summed E-state index contributed by atoms with van der Waals surface area (Å²) in [5.41, 5.74) is 1.34. The number of anilines is 1. The average molecular weight is 468 g/mol. The van der Waals surface area contributed by atoms with Crippen LogP contribution in [0.4, 0.5) is 5.69 Å². The van der Waals surface area contributed by atoms with Crippen molar-refractivity contribution in [1.29, 1.82) is 0 Å². The Balaban J connectivity index is 1.70. The first-order chi connectivity index (χ1) is 15.5. The van der Waals surface area contributed by atoms with Crippen molar-refractivity contribution in [3.8, 4) is 11.5 Å². The molecule has 6 nitrogen and oxygen atoms in total. The second-order valence-electron chi connectivity index (χ2n) is 7.25. The molecule has 1 saturated heterocycles. The smallest absolute Gasteiger partial charge is 0.300 e. The third-order valence-corrected chi connectivity index (χ3v) is 6.13. The summed E-state index contributed by atoms with van der Waals surface area (Å²) in [5, 5.41) is 11.6. The fourth-order valence-corrected chi connectivity index (χ4v) is 4.18. The molecule has 0 aromatic heterocycles. The number of amides is 1. The molecule has 160 valence electrons. The van der Waals surface area contributed by atoms with Gasteiger partial charge in [-0.05, 0) is 35.9 Å². The van der Waals surface area contributed by atoms with E-state index in [0.29, 0.717) is 27.8 Å². The Morgan fingerprint density at radius 3 is 2.41 bits per heavy atom. The lowest BCUT2D eigenvalue weighted by molar-refractivity contribution is -0.132. The number of carbonyl (C=O) groups excluding carboxylic acids is 2. The third-order valence-electron chi connectivity index (χ3n) is 5.39. The molecule has 0 saturated carbocycles. The Hall–Kier alpha value is -3.48. The molecule has 1 amide bonds. The molecule has 2 heterocycles. The predicted octanol–water partition coefficient (Wildman–Crippen LogP) is 5.35.